The molecule has 24 heavy (non-hydrogen) atoms. The molecular formula is C15H20O9. The van der Waals surface area contributed by atoms with Crippen molar-refractivity contribution in [3.63, 3.8) is 0 Å². The van der Waals surface area contributed by atoms with Crippen molar-refractivity contribution >= 4 is 12.1 Å². The summed E-state index contributed by atoms with van der Waals surface area (Å²) in [5.41, 5.74) is -0.0200. The fourth-order valence-electron chi connectivity index (χ4n) is 1.62. The van der Waals surface area contributed by atoms with E-state index in [1.54, 1.807) is 6.07 Å². The van der Waals surface area contributed by atoms with E-state index < -0.39 is 12.1 Å². The highest BCUT2D eigenvalue weighted by atomic mass is 17.5. The first-order chi connectivity index (χ1) is 11.5. The Morgan fingerprint density at radius 1 is 1.04 bits per heavy atom. The Labute approximate surface area is 139 Å². The molecule has 9 nitrogen and oxygen atoms in total. The normalized spacial score (nSPS) is 11.3. The summed E-state index contributed by atoms with van der Waals surface area (Å²) in [5.74, 6) is -0.553. The first-order valence-electron chi connectivity index (χ1n) is 6.99. The predicted molar refractivity (Wildman–Crippen MR) is 79.6 cm³/mol. The van der Waals surface area contributed by atoms with Gasteiger partial charge in [-0.2, -0.15) is 0 Å². The summed E-state index contributed by atoms with van der Waals surface area (Å²) in [6, 6.07) is 4.70. The minimum Gasteiger partial charge on any atom is -0.496 e. The van der Waals surface area contributed by atoms with E-state index in [1.165, 1.54) is 33.5 Å². The van der Waals surface area contributed by atoms with Crippen LogP contribution in [0.5, 0.6) is 11.5 Å². The highest BCUT2D eigenvalue weighted by molar-refractivity contribution is 5.95. The summed E-state index contributed by atoms with van der Waals surface area (Å²) in [7, 11) is 4.29. The molecule has 1 aromatic carbocycles. The minimum atomic E-state index is -1.15. The highest BCUT2D eigenvalue weighted by Gasteiger charge is 2.22. The van der Waals surface area contributed by atoms with Gasteiger partial charge in [0.15, 0.2) is 0 Å². The van der Waals surface area contributed by atoms with Crippen LogP contribution in [0, 0.1) is 0 Å². The molecule has 1 rings (SSSR count). The van der Waals surface area contributed by atoms with Gasteiger partial charge in [-0.25, -0.2) is 14.5 Å². The SMILES string of the molecule is COc1cccc(OC)c1C(=O)OOOC(=O)OCCC(C)OC. The number of ether oxygens (including phenoxy) is 4. The summed E-state index contributed by atoms with van der Waals surface area (Å²) in [4.78, 5) is 31.8. The third-order valence-electron chi connectivity index (χ3n) is 2.99. The van der Waals surface area contributed by atoms with Crippen molar-refractivity contribution in [1.29, 1.82) is 0 Å². The highest BCUT2D eigenvalue weighted by Crippen LogP contribution is 2.28. The molecule has 9 heteroatoms. The zero-order valence-corrected chi connectivity index (χ0v) is 13.9. The zero-order chi connectivity index (χ0) is 17.9. The van der Waals surface area contributed by atoms with Gasteiger partial charge >= 0.3 is 12.1 Å². The van der Waals surface area contributed by atoms with Crippen LogP contribution < -0.4 is 9.47 Å². The molecule has 0 aromatic heterocycles. The monoisotopic (exact) mass is 344 g/mol. The van der Waals surface area contributed by atoms with Gasteiger partial charge in [-0.3, -0.25) is 4.89 Å². The Hall–Kier alpha value is -2.52. The predicted octanol–water partition coefficient (Wildman–Crippen LogP) is 2.29. The first kappa shape index (κ1) is 19.5. The van der Waals surface area contributed by atoms with E-state index in [-0.39, 0.29) is 29.8 Å². The lowest BCUT2D eigenvalue weighted by atomic mass is 10.2. The maximum atomic E-state index is 12.0. The van der Waals surface area contributed by atoms with Gasteiger partial charge in [-0.15, -0.1) is 0 Å². The third-order valence-corrected chi connectivity index (χ3v) is 2.99. The molecular weight excluding hydrogens is 324 g/mol. The molecule has 0 aliphatic heterocycles. The maximum Gasteiger partial charge on any atom is 0.543 e. The molecule has 0 heterocycles. The Morgan fingerprint density at radius 2 is 1.67 bits per heavy atom. The number of rotatable bonds is 9. The van der Waals surface area contributed by atoms with Gasteiger partial charge in [-0.1, -0.05) is 6.07 Å². The topological polar surface area (TPSA) is 98.8 Å². The van der Waals surface area contributed by atoms with Crippen LogP contribution in [-0.2, 0) is 24.3 Å². The maximum absolute atomic E-state index is 12.0. The molecule has 0 bridgehead atoms. The van der Waals surface area contributed by atoms with Gasteiger partial charge < -0.3 is 18.9 Å². The molecule has 0 aliphatic rings. The number of carbonyl (C=O) groups is 2. The molecule has 0 spiro atoms. The van der Waals surface area contributed by atoms with Gasteiger partial charge in [0.05, 0.1) is 32.0 Å². The second kappa shape index (κ2) is 10.3. The smallest absolute Gasteiger partial charge is 0.496 e. The Balaban J connectivity index is 2.45. The summed E-state index contributed by atoms with van der Waals surface area (Å²) in [5, 5.41) is 4.13. The van der Waals surface area contributed by atoms with Crippen molar-refractivity contribution in [2.24, 2.45) is 0 Å². The molecule has 0 amide bonds. The third kappa shape index (κ3) is 5.94. The molecule has 134 valence electrons. The van der Waals surface area contributed by atoms with Crippen molar-refractivity contribution in [2.45, 2.75) is 19.4 Å². The lowest BCUT2D eigenvalue weighted by Crippen LogP contribution is -2.16. The van der Waals surface area contributed by atoms with Crippen molar-refractivity contribution in [3.05, 3.63) is 23.8 Å². The molecule has 0 aliphatic carbocycles. The van der Waals surface area contributed by atoms with Crippen LogP contribution in [0.1, 0.15) is 23.7 Å². The van der Waals surface area contributed by atoms with Crippen LogP contribution in [0.4, 0.5) is 4.79 Å². The van der Waals surface area contributed by atoms with Crippen molar-refractivity contribution in [1.82, 2.24) is 0 Å². The summed E-state index contributed by atoms with van der Waals surface area (Å²) in [6.07, 6.45) is -0.753. The van der Waals surface area contributed by atoms with Crippen LogP contribution >= 0.6 is 0 Å². The number of methoxy groups -OCH3 is 3. The van der Waals surface area contributed by atoms with Crippen molar-refractivity contribution in [2.75, 3.05) is 27.9 Å². The van der Waals surface area contributed by atoms with Crippen LogP contribution in [0.2, 0.25) is 0 Å². The molecule has 0 fully saturated rings. The van der Waals surface area contributed by atoms with Crippen LogP contribution in [0.3, 0.4) is 0 Å². The van der Waals surface area contributed by atoms with E-state index in [1.807, 2.05) is 6.92 Å². The lowest BCUT2D eigenvalue weighted by Gasteiger charge is -2.11. The molecule has 0 N–H and O–H groups in total. The second-order valence-electron chi connectivity index (χ2n) is 4.49. The molecule has 0 saturated carbocycles. The van der Waals surface area contributed by atoms with Gasteiger partial charge in [0, 0.05) is 13.5 Å². The fraction of sp³-hybridized carbons (Fsp3) is 0.467. The summed E-state index contributed by atoms with van der Waals surface area (Å²) in [6.45, 7) is 1.87. The van der Waals surface area contributed by atoms with E-state index in [2.05, 4.69) is 19.6 Å². The first-order valence-corrected chi connectivity index (χ1v) is 6.99. The zero-order valence-electron chi connectivity index (χ0n) is 13.9. The number of hydrogen-bond acceptors (Lipinski definition) is 9. The van der Waals surface area contributed by atoms with E-state index in [4.69, 9.17) is 14.2 Å². The minimum absolute atomic E-state index is 0.0200. The van der Waals surface area contributed by atoms with E-state index in [0.29, 0.717) is 6.42 Å². The Morgan fingerprint density at radius 3 is 2.21 bits per heavy atom. The molecule has 0 radical (unpaired) electrons. The Bertz CT molecular complexity index is 521. The molecule has 1 unspecified atom stereocenters. The van der Waals surface area contributed by atoms with E-state index in [9.17, 15) is 9.59 Å². The summed E-state index contributed by atoms with van der Waals surface area (Å²) >= 11 is 0. The van der Waals surface area contributed by atoms with Gasteiger partial charge in [0.1, 0.15) is 17.1 Å². The molecule has 1 atom stereocenters. The molecule has 1 aromatic rings. The average Bonchev–Trinajstić information content (AvgIpc) is 2.60. The van der Waals surface area contributed by atoms with Crippen molar-refractivity contribution in [3.8, 4) is 11.5 Å². The standard InChI is InChI=1S/C15H20O9/c1-10(18-2)8-9-21-15(17)23-24-22-14(16)13-11(19-3)6-5-7-12(13)20-4/h5-7,10H,8-9H2,1-4H3. The van der Waals surface area contributed by atoms with Crippen LogP contribution in [0.15, 0.2) is 18.2 Å². The quantitative estimate of drug-likeness (QED) is 0.379. The van der Waals surface area contributed by atoms with Crippen molar-refractivity contribution < 1.29 is 43.3 Å². The summed E-state index contributed by atoms with van der Waals surface area (Å²) < 4.78 is 19.7. The molecule has 0 saturated heterocycles. The van der Waals surface area contributed by atoms with E-state index in [0.717, 1.165) is 0 Å². The van der Waals surface area contributed by atoms with E-state index >= 15 is 0 Å². The van der Waals surface area contributed by atoms with Crippen LogP contribution in [-0.4, -0.2) is 46.2 Å². The average molecular weight is 344 g/mol. The number of benzene rings is 1. The largest absolute Gasteiger partial charge is 0.543 e. The van der Waals surface area contributed by atoms with Crippen LogP contribution in [0.25, 0.3) is 0 Å². The fourth-order valence-corrected chi connectivity index (χ4v) is 1.62. The van der Waals surface area contributed by atoms with Gasteiger partial charge in [0.2, 0.25) is 0 Å². The second-order valence-corrected chi connectivity index (χ2v) is 4.49. The van der Waals surface area contributed by atoms with Gasteiger partial charge in [0.25, 0.3) is 0 Å². The lowest BCUT2D eigenvalue weighted by molar-refractivity contribution is -0.452. The van der Waals surface area contributed by atoms with Gasteiger partial charge in [-0.05, 0) is 19.1 Å². The number of hydrogen-bond donors (Lipinski definition) is 0. The number of carbonyl (C=O) groups excluding carboxylic acids is 2. The Kier molecular flexibility index (Phi) is 8.37.